The second kappa shape index (κ2) is 6.25. The number of furan rings is 1. The summed E-state index contributed by atoms with van der Waals surface area (Å²) in [4.78, 5) is 0. The fourth-order valence-electron chi connectivity index (χ4n) is 9.76. The lowest BCUT2D eigenvalue weighted by atomic mass is 9.45. The number of aliphatic hydroxyl groups is 1. The van der Waals surface area contributed by atoms with Crippen molar-refractivity contribution in [1.82, 2.24) is 0 Å². The Hall–Kier alpha value is -1.06. The number of aliphatic hydroxyl groups excluding tert-OH is 1. The molecule has 4 saturated carbocycles. The van der Waals surface area contributed by atoms with E-state index in [4.69, 9.17) is 9.15 Å². The lowest BCUT2D eigenvalue weighted by Crippen LogP contribution is -2.56. The molecule has 3 nitrogen and oxygen atoms in total. The van der Waals surface area contributed by atoms with Crippen LogP contribution in [0, 0.1) is 45.8 Å². The van der Waals surface area contributed by atoms with Gasteiger partial charge in [-0.3, -0.25) is 0 Å². The molecule has 5 aliphatic carbocycles. The molecule has 1 heterocycles. The Morgan fingerprint density at radius 1 is 1.20 bits per heavy atom. The molecule has 164 valence electrons. The molecular formula is C27H38O3. The van der Waals surface area contributed by atoms with Crippen LogP contribution in [0.25, 0.3) is 0 Å². The summed E-state index contributed by atoms with van der Waals surface area (Å²) in [5, 5.41) is 11.0. The van der Waals surface area contributed by atoms with E-state index in [1.165, 1.54) is 50.5 Å². The predicted octanol–water partition coefficient (Wildman–Crippen LogP) is 6.15. The van der Waals surface area contributed by atoms with E-state index in [0.29, 0.717) is 28.6 Å². The summed E-state index contributed by atoms with van der Waals surface area (Å²) in [6.45, 7) is 7.33. The largest absolute Gasteiger partial charge is 0.467 e. The van der Waals surface area contributed by atoms with Crippen LogP contribution in [-0.2, 0) is 4.74 Å². The van der Waals surface area contributed by atoms with Gasteiger partial charge in [0.2, 0.25) is 0 Å². The molecule has 0 aromatic carbocycles. The Labute approximate surface area is 181 Å². The molecule has 0 amide bonds. The Bertz CT molecular complexity index is 857. The third-order valence-electron chi connectivity index (χ3n) is 11.3. The maximum Gasteiger partial charge on any atom is 0.132 e. The molecule has 1 N–H and O–H groups in total. The van der Waals surface area contributed by atoms with Crippen molar-refractivity contribution >= 4 is 0 Å². The van der Waals surface area contributed by atoms with E-state index < -0.39 is 6.10 Å². The van der Waals surface area contributed by atoms with Gasteiger partial charge in [0.15, 0.2) is 0 Å². The lowest BCUT2D eigenvalue weighted by molar-refractivity contribution is -0.154. The molecule has 0 unspecified atom stereocenters. The van der Waals surface area contributed by atoms with Gasteiger partial charge in [0.25, 0.3) is 0 Å². The first-order valence-electron chi connectivity index (χ1n) is 12.3. The first kappa shape index (κ1) is 19.6. The summed E-state index contributed by atoms with van der Waals surface area (Å²) in [7, 11) is 1.97. The van der Waals surface area contributed by atoms with Crippen LogP contribution in [0.2, 0.25) is 0 Å². The van der Waals surface area contributed by atoms with Crippen molar-refractivity contribution in [3.05, 3.63) is 35.8 Å². The van der Waals surface area contributed by atoms with Gasteiger partial charge in [0.05, 0.1) is 12.4 Å². The molecule has 30 heavy (non-hydrogen) atoms. The highest BCUT2D eigenvalue weighted by Crippen LogP contribution is 2.82. The minimum atomic E-state index is -0.555. The highest BCUT2D eigenvalue weighted by Gasteiger charge is 2.77. The van der Waals surface area contributed by atoms with Gasteiger partial charge in [0.1, 0.15) is 11.9 Å². The van der Waals surface area contributed by atoms with Crippen LogP contribution in [0.1, 0.15) is 77.6 Å². The monoisotopic (exact) mass is 410 g/mol. The van der Waals surface area contributed by atoms with Gasteiger partial charge in [-0.15, -0.1) is 0 Å². The second-order valence-electron chi connectivity index (χ2n) is 11.8. The predicted molar refractivity (Wildman–Crippen MR) is 117 cm³/mol. The highest BCUT2D eigenvalue weighted by molar-refractivity contribution is 5.32. The van der Waals surface area contributed by atoms with Gasteiger partial charge in [-0.2, -0.15) is 0 Å². The highest BCUT2D eigenvalue weighted by atomic mass is 16.5. The van der Waals surface area contributed by atoms with Gasteiger partial charge >= 0.3 is 0 Å². The van der Waals surface area contributed by atoms with Crippen molar-refractivity contribution < 1.29 is 14.3 Å². The molecule has 0 radical (unpaired) electrons. The van der Waals surface area contributed by atoms with Gasteiger partial charge < -0.3 is 14.3 Å². The zero-order valence-electron chi connectivity index (χ0n) is 19.1. The summed E-state index contributed by atoms with van der Waals surface area (Å²) in [5.74, 6) is 4.04. The third kappa shape index (κ3) is 2.19. The van der Waals surface area contributed by atoms with Gasteiger partial charge in [0, 0.05) is 18.4 Å². The van der Waals surface area contributed by atoms with E-state index in [0.717, 1.165) is 17.8 Å². The van der Waals surface area contributed by atoms with E-state index in [9.17, 15) is 5.11 Å². The maximum absolute atomic E-state index is 11.0. The fraction of sp³-hybridized carbons (Fsp3) is 0.778. The second-order valence-corrected chi connectivity index (χ2v) is 11.8. The number of hydrogen-bond donors (Lipinski definition) is 1. The Morgan fingerprint density at radius 2 is 2.03 bits per heavy atom. The normalized spacial score (nSPS) is 50.7. The number of rotatable bonds is 4. The van der Waals surface area contributed by atoms with Crippen molar-refractivity contribution in [3.8, 4) is 0 Å². The molecule has 1 spiro atoms. The van der Waals surface area contributed by atoms with Crippen LogP contribution in [-0.4, -0.2) is 18.3 Å². The molecular weight excluding hydrogens is 372 g/mol. The van der Waals surface area contributed by atoms with Crippen molar-refractivity contribution in [2.45, 2.75) is 77.9 Å². The molecule has 0 aliphatic heterocycles. The summed E-state index contributed by atoms with van der Waals surface area (Å²) in [6, 6.07) is 3.78. The number of fused-ring (bicyclic) bond motifs is 4. The lowest BCUT2D eigenvalue weighted by Gasteiger charge is -2.60. The summed E-state index contributed by atoms with van der Waals surface area (Å²) < 4.78 is 11.8. The summed E-state index contributed by atoms with van der Waals surface area (Å²) in [6.07, 6.45) is 13.4. The Balaban J connectivity index is 1.30. The van der Waals surface area contributed by atoms with Crippen LogP contribution in [0.15, 0.2) is 34.5 Å². The number of allylic oxidation sites excluding steroid dienone is 1. The Kier molecular flexibility index (Phi) is 4.09. The van der Waals surface area contributed by atoms with Gasteiger partial charge in [-0.25, -0.2) is 0 Å². The maximum atomic E-state index is 11.0. The van der Waals surface area contributed by atoms with E-state index in [-0.39, 0.29) is 11.3 Å². The average Bonchev–Trinajstić information content (AvgIpc) is 3.06. The minimum absolute atomic E-state index is 0.103. The van der Waals surface area contributed by atoms with Crippen LogP contribution in [0.5, 0.6) is 0 Å². The first-order chi connectivity index (χ1) is 14.4. The van der Waals surface area contributed by atoms with E-state index in [2.05, 4.69) is 26.8 Å². The van der Waals surface area contributed by atoms with Crippen LogP contribution in [0.4, 0.5) is 0 Å². The van der Waals surface area contributed by atoms with Crippen molar-refractivity contribution in [1.29, 1.82) is 0 Å². The number of methoxy groups -OCH3 is 1. The molecule has 1 aromatic rings. The van der Waals surface area contributed by atoms with Crippen LogP contribution >= 0.6 is 0 Å². The minimum Gasteiger partial charge on any atom is -0.467 e. The summed E-state index contributed by atoms with van der Waals surface area (Å²) >= 11 is 0. The fourth-order valence-corrected chi connectivity index (χ4v) is 9.76. The molecule has 0 bridgehead atoms. The van der Waals surface area contributed by atoms with E-state index >= 15 is 0 Å². The molecule has 3 heteroatoms. The summed E-state index contributed by atoms with van der Waals surface area (Å²) in [5.41, 5.74) is 2.65. The molecule has 0 saturated heterocycles. The first-order valence-corrected chi connectivity index (χ1v) is 12.3. The quantitative estimate of drug-likeness (QED) is 0.605. The zero-order chi connectivity index (χ0) is 20.9. The topological polar surface area (TPSA) is 42.6 Å². The van der Waals surface area contributed by atoms with Crippen LogP contribution < -0.4 is 0 Å². The third-order valence-corrected chi connectivity index (χ3v) is 11.3. The van der Waals surface area contributed by atoms with E-state index in [1.54, 1.807) is 6.26 Å². The number of ether oxygens (including phenoxy) is 1. The van der Waals surface area contributed by atoms with E-state index in [1.807, 2.05) is 19.2 Å². The van der Waals surface area contributed by atoms with Gasteiger partial charge in [-0.1, -0.05) is 32.4 Å². The van der Waals surface area contributed by atoms with Crippen molar-refractivity contribution in [2.24, 2.45) is 45.8 Å². The van der Waals surface area contributed by atoms with Crippen molar-refractivity contribution in [2.75, 3.05) is 7.11 Å². The van der Waals surface area contributed by atoms with Crippen LogP contribution in [0.3, 0.4) is 0 Å². The molecule has 5 aliphatic rings. The van der Waals surface area contributed by atoms with Gasteiger partial charge in [-0.05, 0) is 91.6 Å². The Morgan fingerprint density at radius 3 is 2.73 bits per heavy atom. The molecule has 4 fully saturated rings. The molecule has 10 atom stereocenters. The smallest absolute Gasteiger partial charge is 0.132 e. The standard InChI is InChI=1S/C27H38O3/c1-16(24(28)22-6-5-13-30-22)19-7-8-20-18-14-23(29-4)27-15-17(27)9-12-26(27,3)21(18)10-11-25(19,20)2/h5-7,13,16-18,20-21,23-24,28H,8-12,14-15H2,1-4H3/t16-,17+,18-,20-,21-,23+,24+,25+,26+,27-/m0/s1. The van der Waals surface area contributed by atoms with Crippen molar-refractivity contribution in [3.63, 3.8) is 0 Å². The average molecular weight is 411 g/mol. The SMILES string of the molecule is CO[C@@H]1C[C@H]2[C@@H]3CC=C([C@H](C)[C@@H](O)c4ccco4)[C@@]3(C)CC[C@@H]2[C@@]2(C)CC[C@@H]3C[C@]312. The molecule has 1 aromatic heterocycles. The zero-order valence-corrected chi connectivity index (χ0v) is 19.1. The molecule has 6 rings (SSSR count). The number of hydrogen-bond acceptors (Lipinski definition) is 3.